The van der Waals surface area contributed by atoms with Crippen LogP contribution >= 0.6 is 0 Å². The smallest absolute Gasteiger partial charge is 0.306 e. The molecule has 0 fully saturated rings. The third kappa shape index (κ3) is 50.0. The molecule has 0 rings (SSSR count). The van der Waals surface area contributed by atoms with E-state index >= 15 is 0 Å². The van der Waals surface area contributed by atoms with E-state index < -0.39 is 6.10 Å². The topological polar surface area (TPSA) is 78.9 Å². The van der Waals surface area contributed by atoms with Gasteiger partial charge in [0.05, 0.1) is 0 Å². The monoisotopic (exact) mass is 881 g/mol. The zero-order chi connectivity index (χ0) is 45.8. The van der Waals surface area contributed by atoms with E-state index in [2.05, 4.69) is 81.5 Å². The predicted octanol–water partition coefficient (Wildman–Crippen LogP) is 17.6. The summed E-state index contributed by atoms with van der Waals surface area (Å²) in [6.07, 6.45) is 63.6. The van der Waals surface area contributed by atoms with E-state index in [-0.39, 0.29) is 31.1 Å². The highest BCUT2D eigenvalue weighted by atomic mass is 16.6. The summed E-state index contributed by atoms with van der Waals surface area (Å²) in [6, 6.07) is 0. The van der Waals surface area contributed by atoms with Crippen molar-refractivity contribution >= 4 is 17.9 Å². The largest absolute Gasteiger partial charge is 0.462 e. The van der Waals surface area contributed by atoms with Gasteiger partial charge in [0.2, 0.25) is 0 Å². The Labute approximate surface area is 390 Å². The molecule has 0 saturated heterocycles. The van der Waals surface area contributed by atoms with Crippen LogP contribution in [0.5, 0.6) is 0 Å². The van der Waals surface area contributed by atoms with Crippen LogP contribution in [0.2, 0.25) is 0 Å². The number of carbonyl (C=O) groups excluding carboxylic acids is 3. The molecule has 0 aliphatic carbocycles. The lowest BCUT2D eigenvalue weighted by molar-refractivity contribution is -0.167. The fraction of sp³-hybridized carbons (Fsp3) is 0.772. The zero-order valence-electron chi connectivity index (χ0n) is 41.6. The lowest BCUT2D eigenvalue weighted by Gasteiger charge is -2.18. The van der Waals surface area contributed by atoms with Gasteiger partial charge in [-0.2, -0.15) is 0 Å². The molecule has 6 nitrogen and oxygen atoms in total. The van der Waals surface area contributed by atoms with E-state index in [1.54, 1.807) is 0 Å². The van der Waals surface area contributed by atoms with Crippen LogP contribution in [0.15, 0.2) is 60.8 Å². The molecular weight excluding hydrogens is 781 g/mol. The third-order valence-corrected chi connectivity index (χ3v) is 11.5. The first-order valence-corrected chi connectivity index (χ1v) is 26.8. The lowest BCUT2D eigenvalue weighted by atomic mass is 10.0. The van der Waals surface area contributed by atoms with Gasteiger partial charge in [0.15, 0.2) is 6.10 Å². The number of ether oxygens (including phenoxy) is 3. The Morgan fingerprint density at radius 1 is 0.333 bits per heavy atom. The van der Waals surface area contributed by atoms with Gasteiger partial charge < -0.3 is 14.2 Å². The van der Waals surface area contributed by atoms with Gasteiger partial charge in [0.1, 0.15) is 13.2 Å². The van der Waals surface area contributed by atoms with Crippen LogP contribution in [-0.4, -0.2) is 37.2 Å². The number of hydrogen-bond donors (Lipinski definition) is 0. The van der Waals surface area contributed by atoms with Crippen molar-refractivity contribution in [1.29, 1.82) is 0 Å². The highest BCUT2D eigenvalue weighted by Crippen LogP contribution is 2.16. The Hall–Kier alpha value is -2.89. The quantitative estimate of drug-likeness (QED) is 0.0262. The van der Waals surface area contributed by atoms with Crippen LogP contribution in [0.3, 0.4) is 0 Å². The Bertz CT molecular complexity index is 1150. The Balaban J connectivity index is 4.37. The van der Waals surface area contributed by atoms with Crippen LogP contribution in [-0.2, 0) is 28.6 Å². The molecule has 0 aromatic heterocycles. The van der Waals surface area contributed by atoms with E-state index in [4.69, 9.17) is 14.2 Å². The minimum atomic E-state index is -0.791. The number of hydrogen-bond acceptors (Lipinski definition) is 6. The maximum absolute atomic E-state index is 12.8. The molecule has 0 radical (unpaired) electrons. The van der Waals surface area contributed by atoms with E-state index in [0.29, 0.717) is 19.3 Å². The third-order valence-electron chi connectivity index (χ3n) is 11.5. The molecule has 364 valence electrons. The van der Waals surface area contributed by atoms with Gasteiger partial charge in [0, 0.05) is 19.3 Å². The second kappa shape index (κ2) is 51.7. The van der Waals surface area contributed by atoms with Crippen molar-refractivity contribution in [1.82, 2.24) is 0 Å². The van der Waals surface area contributed by atoms with Crippen LogP contribution in [0.4, 0.5) is 0 Å². The van der Waals surface area contributed by atoms with Crippen LogP contribution in [0.1, 0.15) is 265 Å². The minimum Gasteiger partial charge on any atom is -0.462 e. The Morgan fingerprint density at radius 3 is 1.06 bits per heavy atom. The molecule has 0 aliphatic heterocycles. The van der Waals surface area contributed by atoms with Crippen molar-refractivity contribution in [2.45, 2.75) is 271 Å². The molecule has 0 N–H and O–H groups in total. The minimum absolute atomic E-state index is 0.0900. The van der Waals surface area contributed by atoms with Gasteiger partial charge in [-0.1, -0.05) is 229 Å². The molecule has 1 atom stereocenters. The summed E-state index contributed by atoms with van der Waals surface area (Å²) in [5, 5.41) is 0. The SMILES string of the molecule is CC/C=C\C/C=C\C/C=C\C/C=C\CCCCC(=O)OC[C@H](COC(=O)CCCCCCC/C=C\CCCC)OC(=O)CCCCCCCCCCCCCCCCCCCCC. The van der Waals surface area contributed by atoms with Gasteiger partial charge >= 0.3 is 17.9 Å². The summed E-state index contributed by atoms with van der Waals surface area (Å²) in [4.78, 5) is 38.0. The summed E-state index contributed by atoms with van der Waals surface area (Å²) >= 11 is 0. The number of unbranched alkanes of at least 4 members (excludes halogenated alkanes) is 27. The highest BCUT2D eigenvalue weighted by molar-refractivity contribution is 5.71. The average molecular weight is 881 g/mol. The van der Waals surface area contributed by atoms with Crippen LogP contribution in [0, 0.1) is 0 Å². The maximum Gasteiger partial charge on any atom is 0.306 e. The molecule has 0 spiro atoms. The summed E-state index contributed by atoms with van der Waals surface area (Å²) in [5.41, 5.74) is 0. The average Bonchev–Trinajstić information content (AvgIpc) is 3.28. The fourth-order valence-corrected chi connectivity index (χ4v) is 7.47. The van der Waals surface area contributed by atoms with Crippen LogP contribution in [0.25, 0.3) is 0 Å². The molecular formula is C57H100O6. The molecule has 0 unspecified atom stereocenters. The normalized spacial score (nSPS) is 12.5. The van der Waals surface area contributed by atoms with Gasteiger partial charge in [-0.25, -0.2) is 0 Å². The van der Waals surface area contributed by atoms with Crippen molar-refractivity contribution in [2.75, 3.05) is 13.2 Å². The molecule has 0 aromatic carbocycles. The zero-order valence-corrected chi connectivity index (χ0v) is 41.6. The summed E-state index contributed by atoms with van der Waals surface area (Å²) in [6.45, 7) is 6.46. The first-order valence-electron chi connectivity index (χ1n) is 26.8. The molecule has 0 bridgehead atoms. The van der Waals surface area contributed by atoms with E-state index in [1.165, 1.54) is 135 Å². The van der Waals surface area contributed by atoms with Gasteiger partial charge in [-0.15, -0.1) is 0 Å². The molecule has 6 heteroatoms. The first-order chi connectivity index (χ1) is 31.0. The van der Waals surface area contributed by atoms with E-state index in [1.807, 2.05) is 0 Å². The van der Waals surface area contributed by atoms with Crippen LogP contribution < -0.4 is 0 Å². The summed E-state index contributed by atoms with van der Waals surface area (Å²) < 4.78 is 16.8. The maximum atomic E-state index is 12.8. The summed E-state index contributed by atoms with van der Waals surface area (Å²) in [5.74, 6) is -0.934. The predicted molar refractivity (Wildman–Crippen MR) is 270 cm³/mol. The van der Waals surface area contributed by atoms with E-state index in [0.717, 1.165) is 89.9 Å². The lowest BCUT2D eigenvalue weighted by Crippen LogP contribution is -2.30. The Morgan fingerprint density at radius 2 is 0.635 bits per heavy atom. The van der Waals surface area contributed by atoms with Crippen molar-refractivity contribution in [3.63, 3.8) is 0 Å². The van der Waals surface area contributed by atoms with Crippen molar-refractivity contribution in [3.8, 4) is 0 Å². The molecule has 0 saturated carbocycles. The van der Waals surface area contributed by atoms with Crippen molar-refractivity contribution < 1.29 is 28.6 Å². The number of allylic oxidation sites excluding steroid dienone is 10. The molecule has 0 amide bonds. The molecule has 0 heterocycles. The number of esters is 3. The number of carbonyl (C=O) groups is 3. The second-order valence-corrected chi connectivity index (χ2v) is 17.8. The van der Waals surface area contributed by atoms with E-state index in [9.17, 15) is 14.4 Å². The van der Waals surface area contributed by atoms with Crippen molar-refractivity contribution in [3.05, 3.63) is 60.8 Å². The molecule has 0 aromatic rings. The van der Waals surface area contributed by atoms with Gasteiger partial charge in [-0.05, 0) is 77.0 Å². The van der Waals surface area contributed by atoms with Crippen molar-refractivity contribution in [2.24, 2.45) is 0 Å². The highest BCUT2D eigenvalue weighted by Gasteiger charge is 2.19. The fourth-order valence-electron chi connectivity index (χ4n) is 7.47. The first kappa shape index (κ1) is 60.1. The standard InChI is InChI=1S/C57H100O6/c1-4-7-10-13-16-19-22-24-26-27-28-29-31-33-36-39-42-45-48-51-57(60)63-54(52-61-55(58)49-46-43-40-37-34-21-18-15-12-9-6-3)53-62-56(59)50-47-44-41-38-35-32-30-25-23-20-17-14-11-8-5-2/h8,11,15,17-18,20,25,30,35,38,54H,4-7,9-10,12-14,16,19,21-24,26-29,31-34,36-37,39-53H2,1-3H3/b11-8-,18-15-,20-17-,30-25-,38-35-/t54-/m0/s1. The second-order valence-electron chi connectivity index (χ2n) is 17.8. The van der Waals surface area contributed by atoms with Gasteiger partial charge in [0.25, 0.3) is 0 Å². The molecule has 63 heavy (non-hydrogen) atoms. The van der Waals surface area contributed by atoms with Gasteiger partial charge in [-0.3, -0.25) is 14.4 Å². The molecule has 0 aliphatic rings. The Kier molecular flexibility index (Phi) is 49.4. The number of rotatable bonds is 48. The summed E-state index contributed by atoms with van der Waals surface area (Å²) in [7, 11) is 0.